The maximum Gasteiger partial charge on any atom is 0.345 e. The van der Waals surface area contributed by atoms with E-state index in [1.54, 1.807) is 24.5 Å². The molecule has 3 heterocycles. The van der Waals surface area contributed by atoms with Crippen LogP contribution in [0, 0.1) is 0 Å². The minimum Gasteiger partial charge on any atom is -0.323 e. The molecule has 11 heteroatoms. The van der Waals surface area contributed by atoms with Gasteiger partial charge in [-0.05, 0) is 40.5 Å². The SMILES string of the molecule is FC(F)OCCC(c1ccc(Br)cn1)n1cc(-c2ccnn2C(F)F)cn1. The van der Waals surface area contributed by atoms with Crippen LogP contribution < -0.4 is 0 Å². The van der Waals surface area contributed by atoms with Gasteiger partial charge in [0.05, 0.1) is 30.2 Å². The number of hydrogen-bond donors (Lipinski definition) is 0. The first-order valence-electron chi connectivity index (χ1n) is 7.83. The Hall–Kier alpha value is -2.27. The number of alkyl halides is 4. The average molecular weight is 448 g/mol. The second kappa shape index (κ2) is 8.61. The van der Waals surface area contributed by atoms with Crippen LogP contribution >= 0.6 is 15.9 Å². The van der Waals surface area contributed by atoms with Gasteiger partial charge >= 0.3 is 13.2 Å². The van der Waals surface area contributed by atoms with Crippen molar-refractivity contribution in [3.63, 3.8) is 0 Å². The van der Waals surface area contributed by atoms with Crippen LogP contribution in [0.25, 0.3) is 11.3 Å². The summed E-state index contributed by atoms with van der Waals surface area (Å²) in [5, 5.41) is 7.80. The summed E-state index contributed by atoms with van der Waals surface area (Å²) < 4.78 is 57.8. The average Bonchev–Trinajstić information content (AvgIpc) is 3.28. The van der Waals surface area contributed by atoms with Crippen LogP contribution in [0.15, 0.2) is 47.5 Å². The first kappa shape index (κ1) is 19.5. The summed E-state index contributed by atoms with van der Waals surface area (Å²) >= 11 is 3.28. The molecule has 0 N–H and O–H groups in total. The summed E-state index contributed by atoms with van der Waals surface area (Å²) in [5.74, 6) is 0. The van der Waals surface area contributed by atoms with E-state index in [0.717, 1.165) is 4.47 Å². The summed E-state index contributed by atoms with van der Waals surface area (Å²) in [6, 6.07) is 4.43. The molecule has 144 valence electrons. The van der Waals surface area contributed by atoms with Crippen molar-refractivity contribution in [2.45, 2.75) is 25.6 Å². The van der Waals surface area contributed by atoms with Gasteiger partial charge in [-0.2, -0.15) is 27.8 Å². The van der Waals surface area contributed by atoms with E-state index in [1.807, 2.05) is 0 Å². The first-order chi connectivity index (χ1) is 13.0. The molecule has 27 heavy (non-hydrogen) atoms. The van der Waals surface area contributed by atoms with Crippen LogP contribution in [-0.2, 0) is 4.74 Å². The summed E-state index contributed by atoms with van der Waals surface area (Å²) in [7, 11) is 0. The number of halogens is 5. The molecule has 0 amide bonds. The van der Waals surface area contributed by atoms with Crippen LogP contribution in [0.3, 0.4) is 0 Å². The lowest BCUT2D eigenvalue weighted by atomic mass is 10.1. The Bertz CT molecular complexity index is 868. The summed E-state index contributed by atoms with van der Waals surface area (Å²) in [6.07, 6.45) is 5.98. The molecule has 3 aromatic heterocycles. The van der Waals surface area contributed by atoms with Gasteiger partial charge in [0, 0.05) is 28.6 Å². The molecule has 1 atom stereocenters. The van der Waals surface area contributed by atoms with E-state index >= 15 is 0 Å². The number of ether oxygens (including phenoxy) is 1. The second-order valence-electron chi connectivity index (χ2n) is 5.48. The second-order valence-corrected chi connectivity index (χ2v) is 6.40. The number of rotatable bonds is 8. The Kier molecular flexibility index (Phi) is 6.22. The van der Waals surface area contributed by atoms with Gasteiger partial charge in [-0.25, -0.2) is 4.68 Å². The molecular formula is C16H14BrF4N5O. The van der Waals surface area contributed by atoms with E-state index in [9.17, 15) is 17.6 Å². The number of nitrogens with zero attached hydrogens (tertiary/aromatic N) is 5. The highest BCUT2D eigenvalue weighted by atomic mass is 79.9. The van der Waals surface area contributed by atoms with Gasteiger partial charge in [-0.15, -0.1) is 0 Å². The van der Waals surface area contributed by atoms with E-state index < -0.39 is 19.2 Å². The van der Waals surface area contributed by atoms with Crippen molar-refractivity contribution < 1.29 is 22.3 Å². The third-order valence-corrected chi connectivity index (χ3v) is 4.27. The Labute approximate surface area is 159 Å². The Morgan fingerprint density at radius 3 is 2.56 bits per heavy atom. The summed E-state index contributed by atoms with van der Waals surface area (Å²) in [5.41, 5.74) is 1.19. The molecule has 0 saturated heterocycles. The molecule has 1 unspecified atom stereocenters. The molecule has 0 radical (unpaired) electrons. The first-order valence-corrected chi connectivity index (χ1v) is 8.62. The zero-order valence-electron chi connectivity index (χ0n) is 13.7. The smallest absolute Gasteiger partial charge is 0.323 e. The van der Waals surface area contributed by atoms with Gasteiger partial charge in [0.2, 0.25) is 0 Å². The van der Waals surface area contributed by atoms with Gasteiger partial charge in [-0.1, -0.05) is 0 Å². The van der Waals surface area contributed by atoms with Crippen molar-refractivity contribution in [2.24, 2.45) is 0 Å². The minimum absolute atomic E-state index is 0.175. The van der Waals surface area contributed by atoms with Crippen LogP contribution in [0.1, 0.15) is 24.7 Å². The van der Waals surface area contributed by atoms with Crippen molar-refractivity contribution in [3.8, 4) is 11.3 Å². The van der Waals surface area contributed by atoms with E-state index in [0.29, 0.717) is 15.9 Å². The normalized spacial score (nSPS) is 12.9. The summed E-state index contributed by atoms with van der Waals surface area (Å²) in [6.45, 7) is -5.89. The van der Waals surface area contributed by atoms with Gasteiger partial charge in [0.1, 0.15) is 0 Å². The number of hydrogen-bond acceptors (Lipinski definition) is 4. The quantitative estimate of drug-likeness (QED) is 0.476. The van der Waals surface area contributed by atoms with Crippen molar-refractivity contribution >= 4 is 15.9 Å². The van der Waals surface area contributed by atoms with Gasteiger partial charge in [0.15, 0.2) is 0 Å². The van der Waals surface area contributed by atoms with Crippen molar-refractivity contribution in [1.29, 1.82) is 0 Å². The van der Waals surface area contributed by atoms with E-state index in [1.165, 1.54) is 23.1 Å². The Morgan fingerprint density at radius 1 is 1.07 bits per heavy atom. The van der Waals surface area contributed by atoms with Crippen LogP contribution in [0.5, 0.6) is 0 Å². The lowest BCUT2D eigenvalue weighted by Crippen LogP contribution is -2.16. The van der Waals surface area contributed by atoms with E-state index in [4.69, 9.17) is 0 Å². The molecular weight excluding hydrogens is 434 g/mol. The zero-order valence-corrected chi connectivity index (χ0v) is 15.3. The zero-order chi connectivity index (χ0) is 19.4. The molecule has 0 saturated carbocycles. The molecule has 0 aromatic carbocycles. The largest absolute Gasteiger partial charge is 0.345 e. The topological polar surface area (TPSA) is 57.8 Å². The fourth-order valence-corrected chi connectivity index (χ4v) is 2.84. The highest BCUT2D eigenvalue weighted by Crippen LogP contribution is 2.27. The third-order valence-electron chi connectivity index (χ3n) is 3.80. The molecule has 3 aromatic rings. The highest BCUT2D eigenvalue weighted by Gasteiger charge is 2.20. The molecule has 0 aliphatic rings. The molecule has 0 aliphatic heterocycles. The van der Waals surface area contributed by atoms with Gasteiger partial charge in [0.25, 0.3) is 0 Å². The maximum absolute atomic E-state index is 13.0. The Balaban J connectivity index is 1.89. The highest BCUT2D eigenvalue weighted by molar-refractivity contribution is 9.10. The van der Waals surface area contributed by atoms with Crippen LogP contribution in [0.2, 0.25) is 0 Å². The molecule has 0 fully saturated rings. The lowest BCUT2D eigenvalue weighted by molar-refractivity contribution is -0.130. The van der Waals surface area contributed by atoms with E-state index in [2.05, 4.69) is 35.8 Å². The van der Waals surface area contributed by atoms with Gasteiger partial charge < -0.3 is 4.74 Å². The third kappa shape index (κ3) is 4.72. The van der Waals surface area contributed by atoms with Crippen molar-refractivity contribution in [2.75, 3.05) is 6.61 Å². The number of pyridine rings is 1. The fraction of sp³-hybridized carbons (Fsp3) is 0.312. The lowest BCUT2D eigenvalue weighted by Gasteiger charge is -2.17. The van der Waals surface area contributed by atoms with Crippen LogP contribution in [0.4, 0.5) is 17.6 Å². The predicted molar refractivity (Wildman–Crippen MR) is 91.4 cm³/mol. The molecule has 3 rings (SSSR count). The maximum atomic E-state index is 13.0. The van der Waals surface area contributed by atoms with E-state index in [-0.39, 0.29) is 18.7 Å². The van der Waals surface area contributed by atoms with Crippen molar-refractivity contribution in [3.05, 3.63) is 53.2 Å². The molecule has 0 aliphatic carbocycles. The monoisotopic (exact) mass is 447 g/mol. The Morgan fingerprint density at radius 2 is 1.89 bits per heavy atom. The molecule has 0 bridgehead atoms. The molecule has 6 nitrogen and oxygen atoms in total. The predicted octanol–water partition coefficient (Wildman–Crippen LogP) is 4.52. The van der Waals surface area contributed by atoms with Crippen LogP contribution in [-0.4, -0.2) is 37.8 Å². The summed E-state index contributed by atoms with van der Waals surface area (Å²) in [4.78, 5) is 4.28. The molecule has 0 spiro atoms. The van der Waals surface area contributed by atoms with Crippen molar-refractivity contribution in [1.82, 2.24) is 24.5 Å². The fourth-order valence-electron chi connectivity index (χ4n) is 2.61. The van der Waals surface area contributed by atoms with Gasteiger partial charge in [-0.3, -0.25) is 9.67 Å². The number of aromatic nitrogens is 5. The standard InChI is InChI=1S/C16H14BrF4N5O/c17-11-1-2-12(22-8-11)14(4-6-27-16(20)21)25-9-10(7-24-25)13-3-5-23-26(13)15(18)19/h1-3,5,7-9,14-16H,4,6H2. The minimum atomic E-state index is -2.88.